The summed E-state index contributed by atoms with van der Waals surface area (Å²) in [5.41, 5.74) is 0. The molecule has 0 atom stereocenters. The highest BCUT2D eigenvalue weighted by Crippen LogP contribution is 2.13. The molecule has 4 nitrogen and oxygen atoms in total. The van der Waals surface area contributed by atoms with Crippen LogP contribution in [-0.2, 0) is 6.42 Å². The van der Waals surface area contributed by atoms with Gasteiger partial charge in [-0.15, -0.1) is 0 Å². The minimum Gasteiger partial charge on any atom is -0.396 e. The average molecular weight is 244 g/mol. The molecule has 0 fully saturated rings. The molecule has 5 heteroatoms. The summed E-state index contributed by atoms with van der Waals surface area (Å²) in [6.07, 6.45) is 1.51. The molecule has 0 aromatic carbocycles. The Hall–Kier alpha value is -0.870. The lowest BCUT2D eigenvalue weighted by Gasteiger charge is -2.08. The van der Waals surface area contributed by atoms with Gasteiger partial charge in [-0.25, -0.2) is 9.97 Å². The molecule has 0 aliphatic heterocycles. The summed E-state index contributed by atoms with van der Waals surface area (Å²) in [5, 5.41) is 12.2. The molecule has 0 amide bonds. The topological polar surface area (TPSA) is 58.0 Å². The van der Waals surface area contributed by atoms with Gasteiger partial charge in [0, 0.05) is 25.6 Å². The maximum absolute atomic E-state index is 8.67. The number of aliphatic hydroxyl groups excluding tert-OH is 1. The molecule has 16 heavy (non-hydrogen) atoms. The van der Waals surface area contributed by atoms with E-state index in [4.69, 9.17) is 16.7 Å². The van der Waals surface area contributed by atoms with Crippen molar-refractivity contribution in [3.63, 3.8) is 0 Å². The highest BCUT2D eigenvalue weighted by Gasteiger charge is 2.05. The van der Waals surface area contributed by atoms with Gasteiger partial charge in [0.2, 0.25) is 0 Å². The molecule has 0 unspecified atom stereocenters. The molecular weight excluding hydrogens is 226 g/mol. The normalized spacial score (nSPS) is 10.8. The first kappa shape index (κ1) is 13.2. The van der Waals surface area contributed by atoms with Crippen LogP contribution in [0.25, 0.3) is 0 Å². The second kappa shape index (κ2) is 6.66. The van der Waals surface area contributed by atoms with E-state index < -0.39 is 0 Å². The minimum absolute atomic E-state index is 0.171. The van der Waals surface area contributed by atoms with Crippen molar-refractivity contribution in [3.05, 3.63) is 17.0 Å². The molecule has 0 radical (unpaired) electrons. The molecule has 0 saturated heterocycles. The minimum atomic E-state index is 0.171. The van der Waals surface area contributed by atoms with Crippen LogP contribution in [0.5, 0.6) is 0 Å². The number of halogens is 1. The van der Waals surface area contributed by atoms with Gasteiger partial charge in [-0.2, -0.15) is 0 Å². The first-order valence-electron chi connectivity index (χ1n) is 5.50. The number of hydrogen-bond acceptors (Lipinski definition) is 4. The fourth-order valence-corrected chi connectivity index (χ4v) is 1.51. The number of rotatable bonds is 6. The van der Waals surface area contributed by atoms with Crippen molar-refractivity contribution in [3.8, 4) is 0 Å². The van der Waals surface area contributed by atoms with Crippen molar-refractivity contribution in [2.24, 2.45) is 5.92 Å². The zero-order chi connectivity index (χ0) is 12.0. The van der Waals surface area contributed by atoms with Crippen LogP contribution in [0.3, 0.4) is 0 Å². The van der Waals surface area contributed by atoms with Crippen molar-refractivity contribution < 1.29 is 5.11 Å². The van der Waals surface area contributed by atoms with Gasteiger partial charge in [0.15, 0.2) is 0 Å². The molecule has 2 N–H and O–H groups in total. The van der Waals surface area contributed by atoms with Crippen LogP contribution in [0.2, 0.25) is 5.15 Å². The standard InChI is InChI=1S/C11H18ClN3O/c1-8(2)6-11-14-9(12)7-10(15-11)13-4-3-5-16/h7-8,16H,3-6H2,1-2H3,(H,13,14,15). The third-order valence-corrected chi connectivity index (χ3v) is 2.17. The van der Waals surface area contributed by atoms with Crippen LogP contribution in [0.15, 0.2) is 6.07 Å². The van der Waals surface area contributed by atoms with Crippen molar-refractivity contribution in [2.45, 2.75) is 26.7 Å². The van der Waals surface area contributed by atoms with Crippen molar-refractivity contribution in [2.75, 3.05) is 18.5 Å². The predicted molar refractivity (Wildman–Crippen MR) is 65.8 cm³/mol. The number of aliphatic hydroxyl groups is 1. The highest BCUT2D eigenvalue weighted by atomic mass is 35.5. The molecular formula is C11H18ClN3O. The van der Waals surface area contributed by atoms with Crippen molar-refractivity contribution >= 4 is 17.4 Å². The summed E-state index contributed by atoms with van der Waals surface area (Å²) in [6, 6.07) is 1.70. The smallest absolute Gasteiger partial charge is 0.134 e. The Kier molecular flexibility index (Phi) is 5.49. The summed E-state index contributed by atoms with van der Waals surface area (Å²) in [7, 11) is 0. The lowest BCUT2D eigenvalue weighted by molar-refractivity contribution is 0.292. The Balaban J connectivity index is 2.65. The number of nitrogens with zero attached hydrogens (tertiary/aromatic N) is 2. The van der Waals surface area contributed by atoms with E-state index in [9.17, 15) is 0 Å². The van der Waals surface area contributed by atoms with Gasteiger partial charge in [-0.05, 0) is 12.3 Å². The summed E-state index contributed by atoms with van der Waals surface area (Å²) in [6.45, 7) is 5.09. The molecule has 1 heterocycles. The first-order chi connectivity index (χ1) is 7.61. The van der Waals surface area contributed by atoms with Gasteiger partial charge >= 0.3 is 0 Å². The first-order valence-corrected chi connectivity index (χ1v) is 5.88. The third-order valence-electron chi connectivity index (χ3n) is 1.97. The highest BCUT2D eigenvalue weighted by molar-refractivity contribution is 6.29. The van der Waals surface area contributed by atoms with Gasteiger partial charge in [-0.3, -0.25) is 0 Å². The van der Waals surface area contributed by atoms with Crippen LogP contribution in [0.4, 0.5) is 5.82 Å². The van der Waals surface area contributed by atoms with Gasteiger partial charge in [0.05, 0.1) is 0 Å². The maximum atomic E-state index is 8.67. The van der Waals surface area contributed by atoms with E-state index in [0.717, 1.165) is 18.1 Å². The zero-order valence-electron chi connectivity index (χ0n) is 9.70. The largest absolute Gasteiger partial charge is 0.396 e. The summed E-state index contributed by atoms with van der Waals surface area (Å²) >= 11 is 5.91. The van der Waals surface area contributed by atoms with Crippen molar-refractivity contribution in [1.82, 2.24) is 9.97 Å². The molecule has 0 saturated carbocycles. The van der Waals surface area contributed by atoms with Gasteiger partial charge in [-0.1, -0.05) is 25.4 Å². The Bertz CT molecular complexity index is 331. The molecule has 1 aromatic rings. The lowest BCUT2D eigenvalue weighted by Crippen LogP contribution is -2.08. The van der Waals surface area contributed by atoms with E-state index in [1.807, 2.05) is 0 Å². The second-order valence-corrected chi connectivity index (χ2v) is 4.48. The van der Waals surface area contributed by atoms with E-state index in [1.54, 1.807) is 6.07 Å². The molecule has 0 bridgehead atoms. The SMILES string of the molecule is CC(C)Cc1nc(Cl)cc(NCCCO)n1. The third kappa shape index (κ3) is 4.77. The van der Waals surface area contributed by atoms with E-state index in [-0.39, 0.29) is 6.61 Å². The monoisotopic (exact) mass is 243 g/mol. The molecule has 90 valence electrons. The summed E-state index contributed by atoms with van der Waals surface area (Å²) in [5.74, 6) is 1.99. The van der Waals surface area contributed by atoms with E-state index in [1.165, 1.54) is 0 Å². The van der Waals surface area contributed by atoms with E-state index in [2.05, 4.69) is 29.1 Å². The van der Waals surface area contributed by atoms with Gasteiger partial charge in [0.25, 0.3) is 0 Å². The second-order valence-electron chi connectivity index (χ2n) is 4.09. The number of anilines is 1. The zero-order valence-corrected chi connectivity index (χ0v) is 10.5. The van der Waals surface area contributed by atoms with Crippen molar-refractivity contribution in [1.29, 1.82) is 0 Å². The Morgan fingerprint density at radius 3 is 2.81 bits per heavy atom. The Morgan fingerprint density at radius 1 is 1.44 bits per heavy atom. The van der Waals surface area contributed by atoms with E-state index >= 15 is 0 Å². The van der Waals surface area contributed by atoms with Crippen LogP contribution in [-0.4, -0.2) is 28.2 Å². The summed E-state index contributed by atoms with van der Waals surface area (Å²) in [4.78, 5) is 8.52. The van der Waals surface area contributed by atoms with Crippen LogP contribution >= 0.6 is 11.6 Å². The average Bonchev–Trinajstić information content (AvgIpc) is 2.16. The van der Waals surface area contributed by atoms with Crippen LogP contribution < -0.4 is 5.32 Å². The number of hydrogen-bond donors (Lipinski definition) is 2. The van der Waals surface area contributed by atoms with E-state index in [0.29, 0.717) is 24.0 Å². The fraction of sp³-hybridized carbons (Fsp3) is 0.636. The number of aromatic nitrogens is 2. The Morgan fingerprint density at radius 2 is 2.19 bits per heavy atom. The molecule has 1 aromatic heterocycles. The molecule has 0 aliphatic carbocycles. The Labute approximate surface area is 101 Å². The van der Waals surface area contributed by atoms with Gasteiger partial charge in [0.1, 0.15) is 16.8 Å². The predicted octanol–water partition coefficient (Wildman–Crippen LogP) is 2.12. The van der Waals surface area contributed by atoms with Gasteiger partial charge < -0.3 is 10.4 Å². The molecule has 0 aliphatic rings. The maximum Gasteiger partial charge on any atom is 0.134 e. The quantitative estimate of drug-likeness (QED) is 0.594. The molecule has 1 rings (SSSR count). The molecule has 0 spiro atoms. The number of nitrogens with one attached hydrogen (secondary N) is 1. The summed E-state index contributed by atoms with van der Waals surface area (Å²) < 4.78 is 0. The fourth-order valence-electron chi connectivity index (χ4n) is 1.31. The van der Waals surface area contributed by atoms with Crippen LogP contribution in [0.1, 0.15) is 26.1 Å². The van der Waals surface area contributed by atoms with Crippen LogP contribution in [0, 0.1) is 5.92 Å². The lowest BCUT2D eigenvalue weighted by atomic mass is 10.1.